The van der Waals surface area contributed by atoms with E-state index < -0.39 is 0 Å². The average Bonchev–Trinajstić information content (AvgIpc) is 2.62. The van der Waals surface area contributed by atoms with Gasteiger partial charge in [0.05, 0.1) is 0 Å². The van der Waals surface area contributed by atoms with Gasteiger partial charge in [-0.05, 0) is 0 Å². The summed E-state index contributed by atoms with van der Waals surface area (Å²) in [5.41, 5.74) is 0. The summed E-state index contributed by atoms with van der Waals surface area (Å²) in [4.78, 5) is 0. The minimum atomic E-state index is 1.75. The Morgan fingerprint density at radius 2 is 0.600 bits per heavy atom. The van der Waals surface area contributed by atoms with Crippen molar-refractivity contribution in [2.24, 2.45) is 0 Å². The largest absolute Gasteiger partial charge is 0.184 e. The summed E-state index contributed by atoms with van der Waals surface area (Å²) in [5.74, 6) is 0. The maximum Gasteiger partial charge on any atom is -0.171 e. The van der Waals surface area contributed by atoms with Crippen molar-refractivity contribution in [3.05, 3.63) is 109 Å². The van der Waals surface area contributed by atoms with Crippen LogP contribution in [0.4, 0.5) is 0 Å². The molecule has 0 fully saturated rings. The maximum absolute atomic E-state index is 4.58. The number of hydrogen-bond acceptors (Lipinski definition) is 0. The first-order chi connectivity index (χ1) is 10.0. The second-order valence-corrected chi connectivity index (χ2v) is 3.23. The standard InChI is InChI=1S/3C6H5.Au.ClH/c3*1-2-4-6-5-3-1;;/h3*1-5H;;1H/q3*-1;+1;/p-1. The van der Waals surface area contributed by atoms with E-state index in [1.165, 1.54) is 0 Å². The number of halogens is 1. The zero-order valence-corrected chi connectivity index (χ0v) is 13.8. The van der Waals surface area contributed by atoms with E-state index in [0.717, 1.165) is 0 Å². The van der Waals surface area contributed by atoms with Crippen LogP contribution in [0.25, 0.3) is 0 Å². The zero-order valence-electron chi connectivity index (χ0n) is 10.8. The third kappa shape index (κ3) is 14.8. The number of benzene rings is 3. The minimum Gasteiger partial charge on any atom is -0.184 e. The Kier molecular flexibility index (Phi) is 16.5. The van der Waals surface area contributed by atoms with Gasteiger partial charge >= 0.3 is 29.2 Å². The van der Waals surface area contributed by atoms with E-state index in [1.807, 2.05) is 91.0 Å². The minimum absolute atomic E-state index is 1.75. The molecule has 0 aliphatic carbocycles. The smallest absolute Gasteiger partial charge is 0.171 e. The Bertz CT molecular complexity index is 302. The molecule has 20 heavy (non-hydrogen) atoms. The number of rotatable bonds is 0. The van der Waals surface area contributed by atoms with Gasteiger partial charge in [0.25, 0.3) is 0 Å². The van der Waals surface area contributed by atoms with Crippen LogP contribution in [0.15, 0.2) is 91.0 Å². The molecule has 0 spiro atoms. The SMILES string of the molecule is [Cl][Au].[c-]1ccccc1.[c-]1ccccc1.[c-]1ccccc1. The molecule has 0 aliphatic heterocycles. The van der Waals surface area contributed by atoms with Gasteiger partial charge in [-0.1, -0.05) is 0 Å². The van der Waals surface area contributed by atoms with Crippen molar-refractivity contribution in [3.63, 3.8) is 0 Å². The van der Waals surface area contributed by atoms with E-state index in [4.69, 9.17) is 0 Å². The fourth-order valence-electron chi connectivity index (χ4n) is 1.03. The fraction of sp³-hybridized carbons (Fsp3) is 0. The van der Waals surface area contributed by atoms with Crippen LogP contribution in [0.3, 0.4) is 0 Å². The van der Waals surface area contributed by atoms with E-state index >= 15 is 0 Å². The first-order valence-corrected chi connectivity index (χ1v) is 8.53. The second kappa shape index (κ2) is 17.7. The van der Waals surface area contributed by atoms with Crippen molar-refractivity contribution < 1.29 is 20.0 Å². The molecule has 0 heterocycles. The summed E-state index contributed by atoms with van der Waals surface area (Å²) in [6.07, 6.45) is 0. The molecule has 0 aliphatic rings. The van der Waals surface area contributed by atoms with Crippen LogP contribution in [-0.4, -0.2) is 0 Å². The van der Waals surface area contributed by atoms with Crippen molar-refractivity contribution in [2.45, 2.75) is 0 Å². The Morgan fingerprint density at radius 3 is 0.650 bits per heavy atom. The summed E-state index contributed by atoms with van der Waals surface area (Å²) in [7, 11) is 4.58. The van der Waals surface area contributed by atoms with Crippen molar-refractivity contribution >= 4 is 9.19 Å². The van der Waals surface area contributed by atoms with Gasteiger partial charge in [0.2, 0.25) is 0 Å². The third-order valence-electron chi connectivity index (χ3n) is 1.82. The Balaban J connectivity index is 0.000000255. The molecule has 0 saturated carbocycles. The third-order valence-corrected chi connectivity index (χ3v) is 1.82. The van der Waals surface area contributed by atoms with Crippen LogP contribution >= 0.6 is 9.19 Å². The molecular weight excluding hydrogens is 449 g/mol. The molecule has 0 amide bonds. The van der Waals surface area contributed by atoms with Gasteiger partial charge in [-0.15, -0.1) is 0 Å². The molecule has 3 aromatic rings. The van der Waals surface area contributed by atoms with Crippen molar-refractivity contribution in [3.8, 4) is 0 Å². The molecule has 3 aromatic carbocycles. The van der Waals surface area contributed by atoms with Gasteiger partial charge < -0.3 is 0 Å². The van der Waals surface area contributed by atoms with Crippen molar-refractivity contribution in [1.29, 1.82) is 0 Å². The van der Waals surface area contributed by atoms with E-state index in [9.17, 15) is 0 Å². The van der Waals surface area contributed by atoms with E-state index in [1.54, 1.807) is 20.0 Å². The van der Waals surface area contributed by atoms with Gasteiger partial charge in [0.1, 0.15) is 0 Å². The van der Waals surface area contributed by atoms with Crippen molar-refractivity contribution in [1.82, 2.24) is 0 Å². The summed E-state index contributed by atoms with van der Waals surface area (Å²) >= 11 is 1.75. The second-order valence-electron chi connectivity index (χ2n) is 3.23. The average molecular weight is 464 g/mol. The molecule has 0 bridgehead atoms. The quantitative estimate of drug-likeness (QED) is 0.320. The molecule has 0 N–H and O–H groups in total. The Morgan fingerprint density at radius 1 is 0.400 bits per heavy atom. The Labute approximate surface area is 138 Å². The first kappa shape index (κ1) is 18.7. The molecule has 0 unspecified atom stereocenters. The topological polar surface area (TPSA) is 0 Å². The Hall–Kier alpha value is -1.31. The summed E-state index contributed by atoms with van der Waals surface area (Å²) in [6, 6.07) is 37.5. The molecular formula is C18H15AuCl-3. The molecule has 0 atom stereocenters. The summed E-state index contributed by atoms with van der Waals surface area (Å²) in [5, 5.41) is 0. The molecule has 2 heteroatoms. The number of hydrogen-bond donors (Lipinski definition) is 0. The van der Waals surface area contributed by atoms with Gasteiger partial charge in [0.15, 0.2) is 0 Å². The van der Waals surface area contributed by atoms with Crippen LogP contribution in [0.5, 0.6) is 0 Å². The molecule has 0 radical (unpaired) electrons. The monoisotopic (exact) mass is 463 g/mol. The van der Waals surface area contributed by atoms with Crippen LogP contribution in [0, 0.1) is 18.2 Å². The fourth-order valence-corrected chi connectivity index (χ4v) is 1.03. The van der Waals surface area contributed by atoms with Crippen molar-refractivity contribution in [2.75, 3.05) is 0 Å². The predicted molar refractivity (Wildman–Crippen MR) is 81.7 cm³/mol. The van der Waals surface area contributed by atoms with Crippen LogP contribution < -0.4 is 0 Å². The van der Waals surface area contributed by atoms with Gasteiger partial charge in [0, 0.05) is 0 Å². The summed E-state index contributed by atoms with van der Waals surface area (Å²) in [6.45, 7) is 0. The van der Waals surface area contributed by atoms with Crippen LogP contribution in [-0.2, 0) is 20.0 Å². The molecule has 0 nitrogen and oxygen atoms in total. The van der Waals surface area contributed by atoms with Gasteiger partial charge in [-0.25, -0.2) is 0 Å². The predicted octanol–water partition coefficient (Wildman–Crippen LogP) is 5.15. The van der Waals surface area contributed by atoms with Crippen LogP contribution in [0.2, 0.25) is 0 Å². The van der Waals surface area contributed by atoms with Gasteiger partial charge in [-0.2, -0.15) is 109 Å². The molecule has 108 valence electrons. The first-order valence-electron chi connectivity index (χ1n) is 5.85. The summed E-state index contributed by atoms with van der Waals surface area (Å²) < 4.78 is 0. The zero-order chi connectivity index (χ0) is 14.7. The molecule has 0 saturated heterocycles. The normalized spacial score (nSPS) is 7.55. The maximum atomic E-state index is 4.58. The van der Waals surface area contributed by atoms with E-state index in [0.29, 0.717) is 0 Å². The van der Waals surface area contributed by atoms with Gasteiger partial charge in [-0.3, -0.25) is 0 Å². The van der Waals surface area contributed by atoms with Crippen LogP contribution in [0.1, 0.15) is 0 Å². The molecule has 0 aromatic heterocycles. The van der Waals surface area contributed by atoms with E-state index in [2.05, 4.69) is 27.4 Å². The van der Waals surface area contributed by atoms with E-state index in [-0.39, 0.29) is 0 Å². The molecule has 3 rings (SSSR count).